The van der Waals surface area contributed by atoms with E-state index in [0.29, 0.717) is 0 Å². The fraction of sp³-hybridized carbons (Fsp3) is 0.333. The van der Waals surface area contributed by atoms with Crippen LogP contribution in [0.15, 0.2) is 52.9 Å². The lowest BCUT2D eigenvalue weighted by molar-refractivity contribution is -0.245. The lowest BCUT2D eigenvalue weighted by Crippen LogP contribution is -2.56. The third-order valence-electron chi connectivity index (χ3n) is 5.72. The van der Waals surface area contributed by atoms with Crippen LogP contribution in [0, 0.1) is 11.6 Å². The largest absolute Gasteiger partial charge is 0.476 e. The number of halogens is 17. The maximum Gasteiger partial charge on any atom is 0.433 e. The molecule has 1 aromatic carbocycles. The summed E-state index contributed by atoms with van der Waals surface area (Å²) in [6.45, 7) is 0. The van der Waals surface area contributed by atoms with E-state index in [9.17, 15) is 70.2 Å². The van der Waals surface area contributed by atoms with E-state index >= 15 is 4.39 Å². The molecule has 0 amide bonds. The summed E-state index contributed by atoms with van der Waals surface area (Å²) in [5.74, 6) is -22.9. The first-order valence-electron chi connectivity index (χ1n) is 10.3. The second-order valence-corrected chi connectivity index (χ2v) is 8.38. The van der Waals surface area contributed by atoms with E-state index in [2.05, 4.69) is 9.47 Å². The smallest absolute Gasteiger partial charge is 0.433 e. The van der Waals surface area contributed by atoms with E-state index in [4.69, 9.17) is 11.5 Å². The van der Waals surface area contributed by atoms with Crippen LogP contribution >= 0.6 is 0 Å². The molecule has 0 radical (unpaired) electrons. The highest BCUT2D eigenvalue weighted by Gasteiger charge is 2.70. The number of benzene rings is 1. The SMILES string of the molecule is NC1=C(F)C(Oc2cc(F)c(C(F)(F)F)c(OC3C(F)=C(N)C=C(F)C3(F)C(F)(F)F)c2F)C(F)(C(F)(F)F)C(F)=C1. The quantitative estimate of drug-likeness (QED) is 0.346. The molecule has 3 rings (SSSR count). The van der Waals surface area contributed by atoms with Crippen molar-refractivity contribution >= 4 is 0 Å². The molecule has 4 unspecified atom stereocenters. The van der Waals surface area contributed by atoms with Gasteiger partial charge in [-0.1, -0.05) is 0 Å². The molecule has 0 aliphatic heterocycles. The van der Waals surface area contributed by atoms with Crippen molar-refractivity contribution in [3.63, 3.8) is 0 Å². The Morgan fingerprint density at radius 1 is 0.643 bits per heavy atom. The van der Waals surface area contributed by atoms with Crippen molar-refractivity contribution in [3.8, 4) is 11.5 Å². The molecule has 0 spiro atoms. The van der Waals surface area contributed by atoms with E-state index < -0.39 is 124 Å². The Hall–Kier alpha value is -3.81. The van der Waals surface area contributed by atoms with Gasteiger partial charge in [-0.3, -0.25) is 0 Å². The molecule has 2 aliphatic rings. The van der Waals surface area contributed by atoms with Gasteiger partial charge in [0, 0.05) is 6.07 Å². The second kappa shape index (κ2) is 9.89. The fourth-order valence-electron chi connectivity index (χ4n) is 3.64. The minimum absolute atomic E-state index is 0.552. The molecule has 42 heavy (non-hydrogen) atoms. The topological polar surface area (TPSA) is 70.5 Å². The first-order valence-corrected chi connectivity index (χ1v) is 10.3. The number of hydrogen-bond donors (Lipinski definition) is 2. The van der Waals surface area contributed by atoms with Gasteiger partial charge in [0.2, 0.25) is 18.0 Å². The van der Waals surface area contributed by atoms with Gasteiger partial charge in [0.1, 0.15) is 11.4 Å². The molecule has 21 heteroatoms. The summed E-state index contributed by atoms with van der Waals surface area (Å²) in [5.41, 5.74) is -8.24. The van der Waals surface area contributed by atoms with Crippen LogP contribution in [0.25, 0.3) is 0 Å². The van der Waals surface area contributed by atoms with Gasteiger partial charge in [-0.15, -0.1) is 0 Å². The molecule has 4 atom stereocenters. The van der Waals surface area contributed by atoms with Gasteiger partial charge >= 0.3 is 18.5 Å². The predicted octanol–water partition coefficient (Wildman–Crippen LogP) is 7.03. The summed E-state index contributed by atoms with van der Waals surface area (Å²) >= 11 is 0. The maximum absolute atomic E-state index is 15.2. The molecule has 2 aliphatic carbocycles. The summed E-state index contributed by atoms with van der Waals surface area (Å²) in [4.78, 5) is 0. The highest BCUT2D eigenvalue weighted by atomic mass is 19.4. The predicted molar refractivity (Wildman–Crippen MR) is 103 cm³/mol. The molecule has 0 aromatic heterocycles. The third-order valence-corrected chi connectivity index (χ3v) is 5.72. The highest BCUT2D eigenvalue weighted by Crippen LogP contribution is 2.53. The first-order chi connectivity index (χ1) is 18.8. The van der Waals surface area contributed by atoms with Gasteiger partial charge in [0.15, 0.2) is 34.8 Å². The first kappa shape index (κ1) is 32.7. The zero-order valence-corrected chi connectivity index (χ0v) is 19.3. The van der Waals surface area contributed by atoms with E-state index in [1.54, 1.807) is 0 Å². The molecule has 4 nitrogen and oxygen atoms in total. The van der Waals surface area contributed by atoms with Crippen LogP contribution in [0.5, 0.6) is 11.5 Å². The molecule has 234 valence electrons. The van der Waals surface area contributed by atoms with Gasteiger partial charge in [-0.05, 0) is 12.2 Å². The lowest BCUT2D eigenvalue weighted by atomic mass is 9.89. The van der Waals surface area contributed by atoms with Crippen molar-refractivity contribution in [2.75, 3.05) is 0 Å². The highest BCUT2D eigenvalue weighted by molar-refractivity contribution is 5.49. The van der Waals surface area contributed by atoms with Crippen molar-refractivity contribution in [3.05, 3.63) is 70.1 Å². The minimum Gasteiger partial charge on any atom is -0.476 e. The van der Waals surface area contributed by atoms with E-state index in [-0.39, 0.29) is 0 Å². The molecule has 0 saturated heterocycles. The van der Waals surface area contributed by atoms with Crippen molar-refractivity contribution in [2.45, 2.75) is 42.1 Å². The second-order valence-electron chi connectivity index (χ2n) is 8.38. The molecule has 0 saturated carbocycles. The van der Waals surface area contributed by atoms with Crippen molar-refractivity contribution < 1.29 is 84.1 Å². The number of alkyl halides is 11. The van der Waals surface area contributed by atoms with Gasteiger partial charge in [0.25, 0.3) is 11.3 Å². The summed E-state index contributed by atoms with van der Waals surface area (Å²) in [7, 11) is 0. The van der Waals surface area contributed by atoms with Crippen LogP contribution in [0.2, 0.25) is 0 Å². The Labute approximate surface area is 220 Å². The Kier molecular flexibility index (Phi) is 7.70. The van der Waals surface area contributed by atoms with E-state index in [1.165, 1.54) is 0 Å². The van der Waals surface area contributed by atoms with Gasteiger partial charge in [0.05, 0.1) is 11.4 Å². The summed E-state index contributed by atoms with van der Waals surface area (Å²) in [5, 5.41) is 0. The Balaban J connectivity index is 2.30. The molecule has 0 heterocycles. The van der Waals surface area contributed by atoms with Crippen LogP contribution in [0.4, 0.5) is 74.6 Å². The summed E-state index contributed by atoms with van der Waals surface area (Å²) in [6.07, 6.45) is -29.0. The molecule has 0 fully saturated rings. The third kappa shape index (κ3) is 4.84. The zero-order valence-electron chi connectivity index (χ0n) is 19.3. The van der Waals surface area contributed by atoms with E-state index in [1.807, 2.05) is 0 Å². The summed E-state index contributed by atoms with van der Waals surface area (Å²) < 4.78 is 245. The van der Waals surface area contributed by atoms with Gasteiger partial charge in [-0.2, -0.15) is 43.9 Å². The Bertz CT molecular complexity index is 1420. The maximum atomic E-state index is 15.2. The number of nitrogens with two attached hydrogens (primary N) is 2. The van der Waals surface area contributed by atoms with Crippen molar-refractivity contribution in [1.82, 2.24) is 0 Å². The van der Waals surface area contributed by atoms with Crippen LogP contribution < -0.4 is 20.9 Å². The molecule has 4 N–H and O–H groups in total. The normalized spacial score (nSPS) is 27.6. The molecular weight excluding hydrogens is 635 g/mol. The summed E-state index contributed by atoms with van der Waals surface area (Å²) in [6, 6.07) is -0.865. The Morgan fingerprint density at radius 3 is 1.38 bits per heavy atom. The molecule has 1 aromatic rings. The number of ether oxygens (including phenoxy) is 2. The minimum atomic E-state index is -6.62. The van der Waals surface area contributed by atoms with Gasteiger partial charge < -0.3 is 20.9 Å². The average Bonchev–Trinajstić information content (AvgIpc) is 2.81. The van der Waals surface area contributed by atoms with Crippen LogP contribution in [0.1, 0.15) is 5.56 Å². The standard InChI is InChI=1S/C21H9F17N2O2/c22-4-1-7(41-15-11(25)5(39)2-8(23)17(15,28)20(33,34)35)13(27)14(10(4)19(30,31)32)42-16-12(26)6(40)3-9(24)18(16,29)21(36,37)38/h1-3,15-16H,39-40H2. The average molecular weight is 644 g/mol. The zero-order chi connectivity index (χ0) is 32.5. The fourth-order valence-corrected chi connectivity index (χ4v) is 3.64. The monoisotopic (exact) mass is 644 g/mol. The van der Waals surface area contributed by atoms with Crippen LogP contribution in [0.3, 0.4) is 0 Å². The van der Waals surface area contributed by atoms with E-state index in [0.717, 1.165) is 0 Å². The van der Waals surface area contributed by atoms with Crippen molar-refractivity contribution in [1.29, 1.82) is 0 Å². The Morgan fingerprint density at radius 2 is 1.02 bits per heavy atom. The lowest BCUT2D eigenvalue weighted by Gasteiger charge is -2.37. The van der Waals surface area contributed by atoms with Gasteiger partial charge in [-0.25, -0.2) is 30.7 Å². The molecular formula is C21H9F17N2O2. The van der Waals surface area contributed by atoms with Crippen LogP contribution in [-0.2, 0) is 6.18 Å². The van der Waals surface area contributed by atoms with Crippen molar-refractivity contribution in [2.24, 2.45) is 11.5 Å². The number of allylic oxidation sites excluding steroid dienone is 2. The molecule has 0 bridgehead atoms. The number of rotatable bonds is 4. The van der Waals surface area contributed by atoms with Crippen LogP contribution in [-0.4, -0.2) is 35.9 Å². The number of hydrogen-bond acceptors (Lipinski definition) is 4.